The summed E-state index contributed by atoms with van der Waals surface area (Å²) < 4.78 is 28.6. The van der Waals surface area contributed by atoms with Crippen LogP contribution in [0.25, 0.3) is 0 Å². The van der Waals surface area contributed by atoms with Crippen molar-refractivity contribution in [1.82, 2.24) is 9.62 Å². The van der Waals surface area contributed by atoms with Gasteiger partial charge in [-0.3, -0.25) is 14.9 Å². The Morgan fingerprint density at radius 3 is 2.15 bits per heavy atom. The molecule has 0 aliphatic rings. The number of hydrogen-bond donors (Lipinski definition) is 3. The van der Waals surface area contributed by atoms with E-state index in [2.05, 4.69) is 5.32 Å². The molecule has 39 heavy (non-hydrogen) atoms. The smallest absolute Gasteiger partial charge is 0.259 e. The molecule has 0 bridgehead atoms. The molecule has 0 aliphatic carbocycles. The lowest BCUT2D eigenvalue weighted by atomic mass is 9.90. The molecule has 3 aromatic carbocycles. The molecule has 3 N–H and O–H groups in total. The van der Waals surface area contributed by atoms with Crippen molar-refractivity contribution in [3.8, 4) is 5.75 Å². The summed E-state index contributed by atoms with van der Waals surface area (Å²) in [4.78, 5) is 26.5. The Morgan fingerprint density at radius 2 is 1.56 bits per heavy atom. The Kier molecular flexibility index (Phi) is 9.32. The zero-order valence-electron chi connectivity index (χ0n) is 23.0. The first-order chi connectivity index (χ1) is 18.3. The highest BCUT2D eigenvalue weighted by Gasteiger charge is 2.39. The van der Waals surface area contributed by atoms with E-state index in [0.717, 1.165) is 5.56 Å². The molecule has 208 valence electrons. The van der Waals surface area contributed by atoms with Gasteiger partial charge in [-0.05, 0) is 62.9 Å². The van der Waals surface area contributed by atoms with E-state index in [-0.39, 0.29) is 42.1 Å². The van der Waals surface area contributed by atoms with E-state index in [9.17, 15) is 28.2 Å². The van der Waals surface area contributed by atoms with Gasteiger partial charge < -0.3 is 10.2 Å². The monoisotopic (exact) mass is 552 g/mol. The number of aryl methyl sites for hydroxylation is 3. The van der Waals surface area contributed by atoms with Gasteiger partial charge in [0.25, 0.3) is 11.8 Å². The predicted octanol–water partition coefficient (Wildman–Crippen LogP) is 3.96. The number of phenols is 1. The lowest BCUT2D eigenvalue weighted by Crippen LogP contribution is -2.52. The molecule has 0 spiro atoms. The average molecular weight is 553 g/mol. The summed E-state index contributed by atoms with van der Waals surface area (Å²) in [5, 5.41) is 23.9. The minimum Gasteiger partial charge on any atom is -0.508 e. The van der Waals surface area contributed by atoms with Crippen LogP contribution in [0.15, 0.2) is 65.6 Å². The second kappa shape index (κ2) is 12.1. The summed E-state index contributed by atoms with van der Waals surface area (Å²) in [6.07, 6.45) is -0.386. The van der Waals surface area contributed by atoms with E-state index in [1.54, 1.807) is 58.0 Å². The van der Waals surface area contributed by atoms with E-state index in [4.69, 9.17) is 0 Å². The van der Waals surface area contributed by atoms with Crippen molar-refractivity contribution in [2.75, 3.05) is 13.1 Å². The number of nitrogens with zero attached hydrogens (tertiary/aromatic N) is 1. The molecule has 3 rings (SSSR count). The Labute approximate surface area is 230 Å². The van der Waals surface area contributed by atoms with Crippen molar-refractivity contribution in [2.45, 2.75) is 58.0 Å². The first-order valence-electron chi connectivity index (χ1n) is 12.8. The molecule has 0 heterocycles. The second-order valence-electron chi connectivity index (χ2n) is 9.90. The van der Waals surface area contributed by atoms with Crippen LogP contribution in [0.2, 0.25) is 0 Å². The molecular weight excluding hydrogens is 516 g/mol. The van der Waals surface area contributed by atoms with E-state index >= 15 is 0 Å². The minimum absolute atomic E-state index is 0.0912. The SMILES string of the molecule is CCN(CCC(O)(Cc1ccccc1)C(=O)NC(=O)c1cccc(O)c1C)S(=O)(=O)c1c(C)cc(C)cc1C. The fraction of sp³-hybridized carbons (Fsp3) is 0.333. The molecule has 0 fully saturated rings. The summed E-state index contributed by atoms with van der Waals surface area (Å²) in [5.74, 6) is -1.82. The lowest BCUT2D eigenvalue weighted by Gasteiger charge is -2.30. The molecule has 0 saturated carbocycles. The van der Waals surface area contributed by atoms with Gasteiger partial charge in [0, 0.05) is 30.6 Å². The number of carbonyl (C=O) groups excluding carboxylic acids is 2. The van der Waals surface area contributed by atoms with Crippen molar-refractivity contribution in [3.63, 3.8) is 0 Å². The standard InChI is InChI=1S/C30H36N2O6S/c1-6-32(39(37,38)27-21(3)17-20(2)18-22(27)4)16-15-30(36,19-24-11-8-7-9-12-24)29(35)31-28(34)25-13-10-14-26(33)23(25)5/h7-14,17-18,33,36H,6,15-16,19H2,1-5H3,(H,31,34,35). The highest BCUT2D eigenvalue weighted by molar-refractivity contribution is 7.89. The van der Waals surface area contributed by atoms with Crippen LogP contribution in [0, 0.1) is 27.7 Å². The quantitative estimate of drug-likeness (QED) is 0.350. The van der Waals surface area contributed by atoms with Crippen molar-refractivity contribution in [3.05, 3.63) is 94.0 Å². The molecule has 0 aromatic heterocycles. The molecule has 2 amide bonds. The number of imide groups is 1. The van der Waals surface area contributed by atoms with Gasteiger partial charge >= 0.3 is 0 Å². The third-order valence-electron chi connectivity index (χ3n) is 6.87. The third-order valence-corrected chi connectivity index (χ3v) is 9.15. The first-order valence-corrected chi connectivity index (χ1v) is 14.2. The number of phenolic OH excluding ortho intramolecular Hbond substituents is 1. The number of nitrogens with one attached hydrogen (secondary N) is 1. The zero-order chi connectivity index (χ0) is 29.0. The molecule has 1 atom stereocenters. The van der Waals surface area contributed by atoms with Crippen LogP contribution < -0.4 is 5.32 Å². The van der Waals surface area contributed by atoms with Gasteiger partial charge in [0.15, 0.2) is 0 Å². The van der Waals surface area contributed by atoms with Gasteiger partial charge in [0.2, 0.25) is 10.0 Å². The third kappa shape index (κ3) is 6.73. The van der Waals surface area contributed by atoms with Crippen molar-refractivity contribution in [1.29, 1.82) is 0 Å². The number of rotatable bonds is 10. The number of hydrogen-bond acceptors (Lipinski definition) is 6. The van der Waals surface area contributed by atoms with Gasteiger partial charge in [0.05, 0.1) is 4.90 Å². The number of benzene rings is 3. The van der Waals surface area contributed by atoms with E-state index in [0.29, 0.717) is 22.3 Å². The van der Waals surface area contributed by atoms with E-state index in [1.807, 2.05) is 19.1 Å². The molecule has 0 radical (unpaired) electrons. The van der Waals surface area contributed by atoms with Crippen LogP contribution in [0.3, 0.4) is 0 Å². The molecule has 3 aromatic rings. The number of carbonyl (C=O) groups is 2. The number of aromatic hydroxyl groups is 1. The molecule has 0 aliphatic heterocycles. The molecule has 9 heteroatoms. The molecule has 8 nitrogen and oxygen atoms in total. The van der Waals surface area contributed by atoms with Gasteiger partial charge in [-0.2, -0.15) is 4.31 Å². The fourth-order valence-electron chi connectivity index (χ4n) is 4.83. The van der Waals surface area contributed by atoms with Gasteiger partial charge in [-0.1, -0.05) is 61.0 Å². The van der Waals surface area contributed by atoms with Crippen LogP contribution in [-0.2, 0) is 21.2 Å². The largest absolute Gasteiger partial charge is 0.508 e. The van der Waals surface area contributed by atoms with Gasteiger partial charge in [-0.25, -0.2) is 8.42 Å². The second-order valence-corrected chi connectivity index (χ2v) is 11.8. The highest BCUT2D eigenvalue weighted by Crippen LogP contribution is 2.27. The Bertz CT molecular complexity index is 1450. The van der Waals surface area contributed by atoms with Crippen molar-refractivity contribution < 1.29 is 28.2 Å². The maximum Gasteiger partial charge on any atom is 0.259 e. The van der Waals surface area contributed by atoms with Crippen LogP contribution in [0.4, 0.5) is 0 Å². The number of amides is 2. The number of sulfonamides is 1. The zero-order valence-corrected chi connectivity index (χ0v) is 23.8. The Balaban J connectivity index is 1.91. The summed E-state index contributed by atoms with van der Waals surface area (Å²) in [7, 11) is -3.93. The van der Waals surface area contributed by atoms with Gasteiger partial charge in [0.1, 0.15) is 11.4 Å². The summed E-state index contributed by atoms with van der Waals surface area (Å²) in [6, 6.07) is 16.8. The molecule has 1 unspecified atom stereocenters. The van der Waals surface area contributed by atoms with E-state index in [1.165, 1.54) is 22.5 Å². The Morgan fingerprint density at radius 1 is 0.949 bits per heavy atom. The van der Waals surface area contributed by atoms with Crippen molar-refractivity contribution in [2.24, 2.45) is 0 Å². The Hall–Kier alpha value is -3.53. The maximum atomic E-state index is 13.7. The summed E-state index contributed by atoms with van der Waals surface area (Å²) in [5.41, 5.74) is 1.13. The van der Waals surface area contributed by atoms with Crippen molar-refractivity contribution >= 4 is 21.8 Å². The molecule has 0 saturated heterocycles. The normalized spacial score (nSPS) is 13.2. The minimum atomic E-state index is -3.93. The van der Waals surface area contributed by atoms with Crippen LogP contribution >= 0.6 is 0 Å². The lowest BCUT2D eigenvalue weighted by molar-refractivity contribution is -0.139. The topological polar surface area (TPSA) is 124 Å². The van der Waals surface area contributed by atoms with Crippen LogP contribution in [0.1, 0.15) is 51.5 Å². The number of aliphatic hydroxyl groups is 1. The summed E-state index contributed by atoms with van der Waals surface area (Å²) >= 11 is 0. The highest BCUT2D eigenvalue weighted by atomic mass is 32.2. The average Bonchev–Trinajstić information content (AvgIpc) is 2.85. The van der Waals surface area contributed by atoms with Crippen LogP contribution in [-0.4, -0.2) is 53.4 Å². The summed E-state index contributed by atoms with van der Waals surface area (Å²) in [6.45, 7) is 8.60. The predicted molar refractivity (Wildman–Crippen MR) is 150 cm³/mol. The first kappa shape index (κ1) is 30.0. The fourth-order valence-corrected chi connectivity index (χ4v) is 6.69. The van der Waals surface area contributed by atoms with Gasteiger partial charge in [-0.15, -0.1) is 0 Å². The van der Waals surface area contributed by atoms with Crippen LogP contribution in [0.5, 0.6) is 5.75 Å². The van der Waals surface area contributed by atoms with E-state index < -0.39 is 27.4 Å². The maximum absolute atomic E-state index is 13.7. The molecular formula is C30H36N2O6S.